The normalized spacial score (nSPS) is 11.8. The van der Waals surface area contributed by atoms with E-state index in [0.29, 0.717) is 16.8 Å². The summed E-state index contributed by atoms with van der Waals surface area (Å²) in [6.07, 6.45) is 3.21. The molecular formula is C22H15Cl2FN4O3. The zero-order chi connectivity index (χ0) is 22.8. The van der Waals surface area contributed by atoms with Crippen molar-refractivity contribution in [2.45, 2.75) is 5.92 Å². The number of carbonyl (C=O) groups is 2. The Labute approximate surface area is 191 Å². The molecule has 2 amide bonds. The fourth-order valence-electron chi connectivity index (χ4n) is 3.18. The Morgan fingerprint density at radius 1 is 1.09 bits per heavy atom. The Balaban J connectivity index is 1.61. The summed E-state index contributed by atoms with van der Waals surface area (Å²) >= 11 is 12.1. The number of H-pyrrole nitrogens is 1. The third-order valence-corrected chi connectivity index (χ3v) is 5.32. The van der Waals surface area contributed by atoms with Gasteiger partial charge in [-0.25, -0.2) is 9.37 Å². The fraction of sp³-hybridized carbons (Fsp3) is 0.0455. The van der Waals surface area contributed by atoms with Crippen molar-refractivity contribution in [3.05, 3.63) is 82.4 Å². The van der Waals surface area contributed by atoms with Crippen molar-refractivity contribution in [1.29, 1.82) is 0 Å². The number of aromatic amines is 1. The monoisotopic (exact) mass is 472 g/mol. The lowest BCUT2D eigenvalue weighted by atomic mass is 9.97. The van der Waals surface area contributed by atoms with Crippen LogP contribution in [-0.4, -0.2) is 21.8 Å². The second kappa shape index (κ2) is 8.86. The van der Waals surface area contributed by atoms with E-state index in [0.717, 1.165) is 6.07 Å². The molecule has 32 heavy (non-hydrogen) atoms. The van der Waals surface area contributed by atoms with Gasteiger partial charge < -0.3 is 20.8 Å². The average molecular weight is 473 g/mol. The van der Waals surface area contributed by atoms with Crippen LogP contribution in [0.4, 0.5) is 10.1 Å². The van der Waals surface area contributed by atoms with Gasteiger partial charge in [0.25, 0.3) is 0 Å². The third kappa shape index (κ3) is 4.23. The Morgan fingerprint density at radius 3 is 2.53 bits per heavy atom. The molecule has 2 aromatic heterocycles. The Hall–Kier alpha value is -3.62. The summed E-state index contributed by atoms with van der Waals surface area (Å²) in [5, 5.41) is 3.51. The first-order valence-corrected chi connectivity index (χ1v) is 10.0. The summed E-state index contributed by atoms with van der Waals surface area (Å²) in [5.41, 5.74) is 6.19. The van der Waals surface area contributed by atoms with Gasteiger partial charge in [-0.05, 0) is 42.0 Å². The molecule has 4 N–H and O–H groups in total. The van der Waals surface area contributed by atoms with Gasteiger partial charge in [0.15, 0.2) is 11.6 Å². The first-order chi connectivity index (χ1) is 15.3. The summed E-state index contributed by atoms with van der Waals surface area (Å²) < 4.78 is 20.5. The van der Waals surface area contributed by atoms with Crippen molar-refractivity contribution in [2.75, 3.05) is 5.32 Å². The van der Waals surface area contributed by atoms with E-state index in [1.807, 2.05) is 0 Å². The highest BCUT2D eigenvalue weighted by molar-refractivity contribution is 6.40. The SMILES string of the molecule is NC(=O)C(C(=O)Nc1c(Cl)cccc1Cl)c1ccc(Oc2ccnc3[nH]ccc23)c(F)c1. The van der Waals surface area contributed by atoms with E-state index in [2.05, 4.69) is 15.3 Å². The number of anilines is 1. The van der Waals surface area contributed by atoms with Crippen LogP contribution < -0.4 is 15.8 Å². The molecule has 0 aliphatic carbocycles. The van der Waals surface area contributed by atoms with Gasteiger partial charge in [-0.3, -0.25) is 9.59 Å². The zero-order valence-corrected chi connectivity index (χ0v) is 17.7. The molecule has 4 aromatic rings. The van der Waals surface area contributed by atoms with Crippen LogP contribution in [0.1, 0.15) is 11.5 Å². The number of rotatable bonds is 6. The van der Waals surface area contributed by atoms with E-state index in [1.165, 1.54) is 30.5 Å². The molecule has 0 saturated heterocycles. The molecule has 1 unspecified atom stereocenters. The minimum Gasteiger partial charge on any atom is -0.453 e. The number of pyridine rings is 1. The molecule has 2 aromatic carbocycles. The van der Waals surface area contributed by atoms with Crippen LogP contribution in [0.3, 0.4) is 0 Å². The largest absolute Gasteiger partial charge is 0.453 e. The van der Waals surface area contributed by atoms with Gasteiger partial charge in [-0.1, -0.05) is 35.3 Å². The number of aromatic nitrogens is 2. The second-order valence-corrected chi connectivity index (χ2v) is 7.58. The van der Waals surface area contributed by atoms with Crippen LogP contribution >= 0.6 is 23.2 Å². The standard InChI is InChI=1S/C22H15Cl2FN4O3/c23-13-2-1-3-14(24)19(13)29-22(31)18(20(26)30)11-4-5-17(15(25)10-11)32-16-7-9-28-21-12(16)6-8-27-21/h1-10,18H,(H2,26,30)(H,27,28)(H,29,31). The summed E-state index contributed by atoms with van der Waals surface area (Å²) in [5.74, 6) is -3.74. The van der Waals surface area contributed by atoms with Crippen LogP contribution in [0, 0.1) is 5.82 Å². The maximum Gasteiger partial charge on any atom is 0.241 e. The minimum atomic E-state index is -1.48. The maximum absolute atomic E-state index is 14.8. The van der Waals surface area contributed by atoms with Crippen molar-refractivity contribution in [3.8, 4) is 11.5 Å². The van der Waals surface area contributed by atoms with Gasteiger partial charge in [-0.15, -0.1) is 0 Å². The van der Waals surface area contributed by atoms with E-state index in [-0.39, 0.29) is 27.0 Å². The zero-order valence-electron chi connectivity index (χ0n) is 16.2. The van der Waals surface area contributed by atoms with E-state index in [4.69, 9.17) is 33.7 Å². The molecule has 1 atom stereocenters. The molecule has 0 fully saturated rings. The molecule has 0 bridgehead atoms. The van der Waals surface area contributed by atoms with Crippen molar-refractivity contribution >= 4 is 51.7 Å². The van der Waals surface area contributed by atoms with Gasteiger partial charge in [0, 0.05) is 12.4 Å². The molecule has 162 valence electrons. The Morgan fingerprint density at radius 2 is 1.84 bits per heavy atom. The van der Waals surface area contributed by atoms with Crippen LogP contribution in [0.2, 0.25) is 10.0 Å². The molecule has 7 nitrogen and oxygen atoms in total. The number of benzene rings is 2. The Kier molecular flexibility index (Phi) is 5.98. The lowest BCUT2D eigenvalue weighted by molar-refractivity contribution is -0.127. The van der Waals surface area contributed by atoms with E-state index >= 15 is 0 Å². The lowest BCUT2D eigenvalue weighted by Crippen LogP contribution is -2.32. The quantitative estimate of drug-likeness (QED) is 0.342. The number of nitrogens with one attached hydrogen (secondary N) is 2. The van der Waals surface area contributed by atoms with Crippen LogP contribution in [0.25, 0.3) is 11.0 Å². The van der Waals surface area contributed by atoms with Gasteiger partial charge in [-0.2, -0.15) is 0 Å². The van der Waals surface area contributed by atoms with Crippen molar-refractivity contribution in [2.24, 2.45) is 5.73 Å². The van der Waals surface area contributed by atoms with Gasteiger partial charge in [0.2, 0.25) is 11.8 Å². The van der Waals surface area contributed by atoms with E-state index < -0.39 is 23.5 Å². The van der Waals surface area contributed by atoms with Gasteiger partial charge in [0.05, 0.1) is 21.1 Å². The first kappa shape index (κ1) is 21.6. The van der Waals surface area contributed by atoms with Gasteiger partial charge in [0.1, 0.15) is 17.3 Å². The minimum absolute atomic E-state index is 0.0459. The highest BCUT2D eigenvalue weighted by Gasteiger charge is 2.28. The fourth-order valence-corrected chi connectivity index (χ4v) is 3.67. The second-order valence-electron chi connectivity index (χ2n) is 6.76. The van der Waals surface area contributed by atoms with E-state index in [9.17, 15) is 14.0 Å². The number of nitrogens with two attached hydrogens (primary N) is 1. The predicted molar refractivity (Wildman–Crippen MR) is 120 cm³/mol. The number of primary amides is 1. The van der Waals surface area contributed by atoms with Crippen molar-refractivity contribution < 1.29 is 18.7 Å². The lowest BCUT2D eigenvalue weighted by Gasteiger charge is -2.16. The van der Waals surface area contributed by atoms with Crippen molar-refractivity contribution in [3.63, 3.8) is 0 Å². The number of hydrogen-bond acceptors (Lipinski definition) is 4. The summed E-state index contributed by atoms with van der Waals surface area (Å²) in [7, 11) is 0. The maximum atomic E-state index is 14.8. The highest BCUT2D eigenvalue weighted by atomic mass is 35.5. The first-order valence-electron chi connectivity index (χ1n) is 9.28. The van der Waals surface area contributed by atoms with Gasteiger partial charge >= 0.3 is 0 Å². The Bertz CT molecular complexity index is 1320. The summed E-state index contributed by atoms with van der Waals surface area (Å²) in [6, 6.07) is 11.7. The number of ether oxygens (including phenoxy) is 1. The van der Waals surface area contributed by atoms with Crippen LogP contribution in [0.15, 0.2) is 60.9 Å². The molecule has 2 heterocycles. The average Bonchev–Trinajstić information content (AvgIpc) is 3.22. The molecule has 10 heteroatoms. The molecular weight excluding hydrogens is 458 g/mol. The van der Waals surface area contributed by atoms with Crippen LogP contribution in [-0.2, 0) is 9.59 Å². The number of amides is 2. The smallest absolute Gasteiger partial charge is 0.241 e. The highest BCUT2D eigenvalue weighted by Crippen LogP contribution is 2.33. The molecule has 0 radical (unpaired) electrons. The molecule has 0 spiro atoms. The number of hydrogen-bond donors (Lipinski definition) is 3. The molecule has 0 saturated carbocycles. The molecule has 4 rings (SSSR count). The number of fused-ring (bicyclic) bond motifs is 1. The topological polar surface area (TPSA) is 110 Å². The predicted octanol–water partition coefficient (Wildman–Crippen LogP) is 5.01. The number of nitrogens with zero attached hydrogens (tertiary/aromatic N) is 1. The number of halogens is 3. The molecule has 0 aliphatic heterocycles. The van der Waals surface area contributed by atoms with E-state index in [1.54, 1.807) is 24.4 Å². The summed E-state index contributed by atoms with van der Waals surface area (Å²) in [4.78, 5) is 31.9. The molecule has 0 aliphatic rings. The third-order valence-electron chi connectivity index (χ3n) is 4.69. The number of para-hydroxylation sites is 1. The van der Waals surface area contributed by atoms with Crippen LogP contribution in [0.5, 0.6) is 11.5 Å². The summed E-state index contributed by atoms with van der Waals surface area (Å²) in [6.45, 7) is 0. The number of carbonyl (C=O) groups excluding carboxylic acids is 2. The van der Waals surface area contributed by atoms with Crippen molar-refractivity contribution in [1.82, 2.24) is 9.97 Å².